The van der Waals surface area contributed by atoms with Crippen LogP contribution in [0, 0.1) is 5.92 Å². The maximum absolute atomic E-state index is 6.67. The Labute approximate surface area is 159 Å². The summed E-state index contributed by atoms with van der Waals surface area (Å²) in [5.74, 6) is -0.455. The third kappa shape index (κ3) is 3.45. The van der Waals surface area contributed by atoms with Gasteiger partial charge in [-0.3, -0.25) is 4.84 Å². The summed E-state index contributed by atoms with van der Waals surface area (Å²) in [5.41, 5.74) is 0.789. The molecule has 0 spiro atoms. The van der Waals surface area contributed by atoms with Crippen LogP contribution >= 0.6 is 0 Å². The van der Waals surface area contributed by atoms with E-state index in [9.17, 15) is 0 Å². The second-order valence-corrected chi connectivity index (χ2v) is 8.13. The van der Waals surface area contributed by atoms with E-state index in [1.165, 1.54) is 5.56 Å². The van der Waals surface area contributed by atoms with E-state index in [1.54, 1.807) is 14.2 Å². The molecule has 1 aliphatic rings. The lowest BCUT2D eigenvalue weighted by Gasteiger charge is -2.62. The van der Waals surface area contributed by atoms with Crippen molar-refractivity contribution in [2.24, 2.45) is 5.92 Å². The first-order valence-corrected chi connectivity index (χ1v) is 9.85. The van der Waals surface area contributed by atoms with Crippen LogP contribution in [0.25, 0.3) is 0 Å². The fraction of sp³-hybridized carbons (Fsp3) is 0.727. The van der Waals surface area contributed by atoms with Gasteiger partial charge in [0.05, 0.1) is 5.54 Å². The predicted octanol–water partition coefficient (Wildman–Crippen LogP) is 5.35. The summed E-state index contributed by atoms with van der Waals surface area (Å²) < 4.78 is 11.9. The van der Waals surface area contributed by atoms with E-state index in [4.69, 9.17) is 14.3 Å². The maximum atomic E-state index is 6.67. The van der Waals surface area contributed by atoms with E-state index >= 15 is 0 Å². The molecule has 0 N–H and O–H groups in total. The normalized spacial score (nSPS) is 33.2. The van der Waals surface area contributed by atoms with Crippen molar-refractivity contribution in [3.8, 4) is 0 Å². The van der Waals surface area contributed by atoms with Gasteiger partial charge in [-0.05, 0) is 39.2 Å². The van der Waals surface area contributed by atoms with E-state index in [-0.39, 0.29) is 23.1 Å². The zero-order valence-corrected chi connectivity index (χ0v) is 17.8. The molecule has 1 heterocycles. The molecule has 4 unspecified atom stereocenters. The molecule has 1 aromatic carbocycles. The molecular formula is C22H37NO3. The lowest BCUT2D eigenvalue weighted by atomic mass is 9.67. The van der Waals surface area contributed by atoms with E-state index in [1.807, 2.05) is 6.07 Å². The number of ether oxygens (including phenoxy) is 2. The molecule has 0 aromatic heterocycles. The SMILES string of the molecule is CCC1(C)CC(OC)(OC)C(C)C(C)(CC)N1OC(C)c1ccccc1. The third-order valence-electron chi connectivity index (χ3n) is 6.88. The minimum atomic E-state index is -0.606. The summed E-state index contributed by atoms with van der Waals surface area (Å²) in [4.78, 5) is 6.67. The van der Waals surface area contributed by atoms with Crippen LogP contribution < -0.4 is 0 Å². The van der Waals surface area contributed by atoms with Crippen LogP contribution in [0.4, 0.5) is 0 Å². The Morgan fingerprint density at radius 3 is 2.12 bits per heavy atom. The molecule has 1 fully saturated rings. The van der Waals surface area contributed by atoms with Gasteiger partial charge >= 0.3 is 0 Å². The van der Waals surface area contributed by atoms with Crippen LogP contribution in [0.2, 0.25) is 0 Å². The Hall–Kier alpha value is -0.940. The monoisotopic (exact) mass is 363 g/mol. The van der Waals surface area contributed by atoms with Gasteiger partial charge in [0.25, 0.3) is 0 Å². The van der Waals surface area contributed by atoms with Gasteiger partial charge in [0, 0.05) is 32.1 Å². The Balaban J connectivity index is 2.44. The standard InChI is InChI=1S/C22H37NO3/c1-9-20(5)16-22(24-7,25-8)18(4)21(6,10-2)23(20)26-17(3)19-14-12-11-13-15-19/h11-15,17-18H,9-10,16H2,1-8H3. The average Bonchev–Trinajstić information content (AvgIpc) is 2.68. The van der Waals surface area contributed by atoms with Crippen molar-refractivity contribution in [1.29, 1.82) is 0 Å². The van der Waals surface area contributed by atoms with Gasteiger partial charge in [-0.25, -0.2) is 0 Å². The summed E-state index contributed by atoms with van der Waals surface area (Å²) in [6.07, 6.45) is 2.64. The largest absolute Gasteiger partial charge is 0.353 e. The summed E-state index contributed by atoms with van der Waals surface area (Å²) in [7, 11) is 3.52. The lowest BCUT2D eigenvalue weighted by molar-refractivity contribution is -0.388. The molecule has 0 saturated carbocycles. The smallest absolute Gasteiger partial charge is 0.173 e. The number of piperidine rings is 1. The molecule has 2 rings (SSSR count). The Kier molecular flexibility index (Phi) is 6.55. The molecule has 0 bridgehead atoms. The van der Waals surface area contributed by atoms with Crippen LogP contribution in [0.1, 0.15) is 72.5 Å². The number of methoxy groups -OCH3 is 2. The van der Waals surface area contributed by atoms with E-state index in [0.717, 1.165) is 19.3 Å². The molecule has 148 valence electrons. The van der Waals surface area contributed by atoms with Crippen LogP contribution in [0.15, 0.2) is 30.3 Å². The van der Waals surface area contributed by atoms with Crippen molar-refractivity contribution in [3.05, 3.63) is 35.9 Å². The molecule has 0 radical (unpaired) electrons. The first kappa shape index (κ1) is 21.4. The first-order valence-electron chi connectivity index (χ1n) is 9.85. The van der Waals surface area contributed by atoms with Crippen LogP contribution in [-0.2, 0) is 14.3 Å². The van der Waals surface area contributed by atoms with Gasteiger partial charge in [-0.15, -0.1) is 0 Å². The van der Waals surface area contributed by atoms with E-state index in [2.05, 4.69) is 70.9 Å². The highest BCUT2D eigenvalue weighted by Gasteiger charge is 2.61. The highest BCUT2D eigenvalue weighted by atomic mass is 16.7. The first-order chi connectivity index (χ1) is 12.2. The Morgan fingerprint density at radius 2 is 1.65 bits per heavy atom. The van der Waals surface area contributed by atoms with Gasteiger partial charge in [0.1, 0.15) is 6.10 Å². The van der Waals surface area contributed by atoms with Gasteiger partial charge in [-0.1, -0.05) is 51.1 Å². The van der Waals surface area contributed by atoms with Crippen LogP contribution in [-0.4, -0.2) is 36.1 Å². The number of hydrogen-bond acceptors (Lipinski definition) is 4. The average molecular weight is 364 g/mol. The Morgan fingerprint density at radius 1 is 1.08 bits per heavy atom. The number of rotatable bonds is 7. The minimum Gasteiger partial charge on any atom is -0.353 e. The summed E-state index contributed by atoms with van der Waals surface area (Å²) in [6, 6.07) is 10.4. The Bertz CT molecular complexity index is 574. The molecule has 4 atom stereocenters. The topological polar surface area (TPSA) is 30.9 Å². The number of benzene rings is 1. The van der Waals surface area contributed by atoms with Crippen molar-refractivity contribution >= 4 is 0 Å². The van der Waals surface area contributed by atoms with Crippen molar-refractivity contribution in [2.45, 2.75) is 83.8 Å². The predicted molar refractivity (Wildman–Crippen MR) is 106 cm³/mol. The third-order valence-corrected chi connectivity index (χ3v) is 6.88. The van der Waals surface area contributed by atoms with Gasteiger partial charge in [-0.2, -0.15) is 5.06 Å². The molecule has 1 aliphatic heterocycles. The van der Waals surface area contributed by atoms with E-state index < -0.39 is 5.79 Å². The van der Waals surface area contributed by atoms with Crippen molar-refractivity contribution in [1.82, 2.24) is 5.06 Å². The lowest BCUT2D eigenvalue weighted by Crippen LogP contribution is -2.72. The summed E-state index contributed by atoms with van der Waals surface area (Å²) in [6.45, 7) is 13.3. The zero-order valence-electron chi connectivity index (χ0n) is 17.8. The summed E-state index contributed by atoms with van der Waals surface area (Å²) >= 11 is 0. The fourth-order valence-corrected chi connectivity index (χ4v) is 4.51. The van der Waals surface area contributed by atoms with E-state index in [0.29, 0.717) is 0 Å². The van der Waals surface area contributed by atoms with Gasteiger partial charge in [0.15, 0.2) is 5.79 Å². The second kappa shape index (κ2) is 7.97. The molecule has 4 nitrogen and oxygen atoms in total. The van der Waals surface area contributed by atoms with Crippen molar-refractivity contribution in [2.75, 3.05) is 14.2 Å². The van der Waals surface area contributed by atoms with Crippen LogP contribution in [0.3, 0.4) is 0 Å². The minimum absolute atomic E-state index is 0.0160. The quantitative estimate of drug-likeness (QED) is 0.611. The second-order valence-electron chi connectivity index (χ2n) is 8.13. The van der Waals surface area contributed by atoms with Crippen molar-refractivity contribution in [3.63, 3.8) is 0 Å². The van der Waals surface area contributed by atoms with Gasteiger partial charge in [0.2, 0.25) is 0 Å². The van der Waals surface area contributed by atoms with Gasteiger partial charge < -0.3 is 9.47 Å². The molecule has 0 aliphatic carbocycles. The molecule has 1 aromatic rings. The molecule has 4 heteroatoms. The highest BCUT2D eigenvalue weighted by molar-refractivity contribution is 5.17. The highest BCUT2D eigenvalue weighted by Crippen LogP contribution is 2.52. The zero-order chi connectivity index (χ0) is 19.6. The molecule has 1 saturated heterocycles. The molecule has 26 heavy (non-hydrogen) atoms. The van der Waals surface area contributed by atoms with Crippen molar-refractivity contribution < 1.29 is 14.3 Å². The number of nitrogens with zero attached hydrogens (tertiary/aromatic N) is 1. The fourth-order valence-electron chi connectivity index (χ4n) is 4.51. The number of hydroxylamine groups is 2. The van der Waals surface area contributed by atoms with Crippen LogP contribution in [0.5, 0.6) is 0 Å². The number of hydrogen-bond donors (Lipinski definition) is 0. The molecular weight excluding hydrogens is 326 g/mol. The molecule has 0 amide bonds. The maximum Gasteiger partial charge on any atom is 0.173 e. The summed E-state index contributed by atoms with van der Waals surface area (Å²) in [5, 5.41) is 2.26.